The number of nitrogens with two attached hydrogens (primary N) is 1. The number of carbonyl (C=O) groups excluding carboxylic acids is 1. The molecule has 0 spiro atoms. The van der Waals surface area contributed by atoms with Crippen molar-refractivity contribution in [2.45, 2.75) is 38.6 Å². The van der Waals surface area contributed by atoms with Crippen molar-refractivity contribution in [1.29, 1.82) is 0 Å². The Morgan fingerprint density at radius 2 is 2.07 bits per heavy atom. The number of nitrogens with one attached hydrogen (secondary N) is 2. The van der Waals surface area contributed by atoms with E-state index in [1.54, 1.807) is 6.20 Å². The van der Waals surface area contributed by atoms with Crippen molar-refractivity contribution >= 4 is 5.91 Å². The Hall–Kier alpha value is -2.99. The summed E-state index contributed by atoms with van der Waals surface area (Å²) < 4.78 is 0. The molecule has 0 bridgehead atoms. The van der Waals surface area contributed by atoms with Gasteiger partial charge in [-0.15, -0.1) is 0 Å². The Morgan fingerprint density at radius 1 is 1.27 bits per heavy atom. The molecule has 1 aliphatic rings. The summed E-state index contributed by atoms with van der Waals surface area (Å²) in [7, 11) is 0. The predicted octanol–water partition coefficient (Wildman–Crippen LogP) is 3.29. The molecule has 1 aliphatic carbocycles. The first-order valence-electron chi connectivity index (χ1n) is 10.5. The first-order chi connectivity index (χ1) is 14.4. The highest BCUT2D eigenvalue weighted by atomic mass is 16.2. The molecular formula is C24H29N5O. The van der Waals surface area contributed by atoms with Gasteiger partial charge in [0.15, 0.2) is 0 Å². The van der Waals surface area contributed by atoms with Crippen LogP contribution < -0.4 is 11.1 Å². The van der Waals surface area contributed by atoms with Gasteiger partial charge in [-0.2, -0.15) is 5.10 Å². The minimum Gasteiger partial charge on any atom is -0.354 e. The molecule has 0 radical (unpaired) electrons. The minimum atomic E-state index is -0.527. The lowest BCUT2D eigenvalue weighted by molar-refractivity contribution is -0.123. The highest BCUT2D eigenvalue weighted by molar-refractivity contribution is 5.81. The second kappa shape index (κ2) is 8.40. The van der Waals surface area contributed by atoms with Crippen LogP contribution in [0.5, 0.6) is 0 Å². The summed E-state index contributed by atoms with van der Waals surface area (Å²) in [5.41, 5.74) is 10.3. The summed E-state index contributed by atoms with van der Waals surface area (Å²) >= 11 is 0. The van der Waals surface area contributed by atoms with Crippen LogP contribution in [0.3, 0.4) is 0 Å². The summed E-state index contributed by atoms with van der Waals surface area (Å²) in [6.07, 6.45) is 5.14. The highest BCUT2D eigenvalue weighted by Gasteiger charge is 2.49. The lowest BCUT2D eigenvalue weighted by Gasteiger charge is -2.52. The van der Waals surface area contributed by atoms with Crippen molar-refractivity contribution < 1.29 is 4.79 Å². The molecule has 30 heavy (non-hydrogen) atoms. The monoisotopic (exact) mass is 403 g/mol. The summed E-state index contributed by atoms with van der Waals surface area (Å²) in [6.45, 7) is 5.16. The molecule has 0 saturated heterocycles. The number of carbonyl (C=O) groups is 1. The number of benzene rings is 1. The van der Waals surface area contributed by atoms with Crippen molar-refractivity contribution in [1.82, 2.24) is 20.5 Å². The Morgan fingerprint density at radius 3 is 2.77 bits per heavy atom. The van der Waals surface area contributed by atoms with Gasteiger partial charge in [0, 0.05) is 36.1 Å². The zero-order valence-corrected chi connectivity index (χ0v) is 17.5. The van der Waals surface area contributed by atoms with E-state index in [1.165, 1.54) is 0 Å². The summed E-state index contributed by atoms with van der Waals surface area (Å²) in [6, 6.07) is 15.4. The number of pyridine rings is 1. The lowest BCUT2D eigenvalue weighted by Crippen LogP contribution is -2.51. The number of amides is 1. The zero-order chi connectivity index (χ0) is 21.1. The van der Waals surface area contributed by atoms with E-state index < -0.39 is 6.04 Å². The fraction of sp³-hybridized carbons (Fsp3) is 0.375. The van der Waals surface area contributed by atoms with Gasteiger partial charge in [-0.05, 0) is 47.9 Å². The molecule has 3 aromatic rings. The van der Waals surface area contributed by atoms with Gasteiger partial charge in [-0.3, -0.25) is 14.9 Å². The largest absolute Gasteiger partial charge is 0.354 e. The third-order valence-corrected chi connectivity index (χ3v) is 6.56. The standard InChI is InChI=1S/C24H29N5O/c1-24(2)18(15-27-23(30)20(25)11-16-7-4-3-5-8-16)12-19(24)22-13-21(28-29-22)17-9-6-10-26-14-17/h3-10,13-14,18-20H,11-12,15,25H2,1-2H3,(H,27,30)(H,28,29). The zero-order valence-electron chi connectivity index (χ0n) is 17.5. The molecule has 1 aromatic carbocycles. The lowest BCUT2D eigenvalue weighted by atomic mass is 9.53. The van der Waals surface area contributed by atoms with Crippen LogP contribution in [-0.4, -0.2) is 33.7 Å². The number of H-pyrrole nitrogens is 1. The van der Waals surface area contributed by atoms with Gasteiger partial charge >= 0.3 is 0 Å². The van der Waals surface area contributed by atoms with Gasteiger partial charge in [0.05, 0.1) is 11.7 Å². The Balaban J connectivity index is 1.31. The van der Waals surface area contributed by atoms with E-state index in [4.69, 9.17) is 5.73 Å². The number of hydrogen-bond acceptors (Lipinski definition) is 4. The van der Waals surface area contributed by atoms with Gasteiger partial charge < -0.3 is 11.1 Å². The fourth-order valence-electron chi connectivity index (χ4n) is 4.38. The molecule has 1 amide bonds. The van der Waals surface area contributed by atoms with Crippen molar-refractivity contribution in [3.05, 3.63) is 72.2 Å². The molecule has 4 N–H and O–H groups in total. The van der Waals surface area contributed by atoms with Gasteiger partial charge in [0.25, 0.3) is 0 Å². The van der Waals surface area contributed by atoms with Crippen LogP contribution >= 0.6 is 0 Å². The topological polar surface area (TPSA) is 96.7 Å². The second-order valence-electron chi connectivity index (χ2n) is 8.80. The van der Waals surface area contributed by atoms with E-state index in [2.05, 4.69) is 40.4 Å². The van der Waals surface area contributed by atoms with Crippen molar-refractivity contribution in [3.8, 4) is 11.3 Å². The number of rotatable bonds is 7. The fourth-order valence-corrected chi connectivity index (χ4v) is 4.38. The van der Waals surface area contributed by atoms with Crippen LogP contribution in [0.25, 0.3) is 11.3 Å². The van der Waals surface area contributed by atoms with Crippen LogP contribution in [0.1, 0.15) is 37.4 Å². The molecule has 1 fully saturated rings. The first-order valence-corrected chi connectivity index (χ1v) is 10.5. The quantitative estimate of drug-likeness (QED) is 0.564. The predicted molar refractivity (Wildman–Crippen MR) is 118 cm³/mol. The molecule has 3 unspecified atom stereocenters. The second-order valence-corrected chi connectivity index (χ2v) is 8.80. The first kappa shape index (κ1) is 20.3. The number of aromatic amines is 1. The van der Waals surface area contributed by atoms with Crippen molar-refractivity contribution in [3.63, 3.8) is 0 Å². The van der Waals surface area contributed by atoms with E-state index in [9.17, 15) is 4.79 Å². The minimum absolute atomic E-state index is 0.0650. The molecule has 3 atom stereocenters. The smallest absolute Gasteiger partial charge is 0.237 e. The maximum atomic E-state index is 12.5. The molecule has 1 saturated carbocycles. The van der Waals surface area contributed by atoms with Crippen LogP contribution in [-0.2, 0) is 11.2 Å². The summed E-state index contributed by atoms with van der Waals surface area (Å²) in [4.78, 5) is 16.6. The maximum Gasteiger partial charge on any atom is 0.237 e. The van der Waals surface area contributed by atoms with Gasteiger partial charge in [-0.1, -0.05) is 44.2 Å². The molecule has 2 aromatic heterocycles. The molecule has 4 rings (SSSR count). The average molecular weight is 404 g/mol. The number of hydrogen-bond donors (Lipinski definition) is 3. The summed E-state index contributed by atoms with van der Waals surface area (Å²) in [5.74, 6) is 0.703. The van der Waals surface area contributed by atoms with Gasteiger partial charge in [0.2, 0.25) is 5.91 Å². The van der Waals surface area contributed by atoms with E-state index in [0.29, 0.717) is 24.8 Å². The van der Waals surface area contributed by atoms with E-state index >= 15 is 0 Å². The van der Waals surface area contributed by atoms with E-state index in [-0.39, 0.29) is 11.3 Å². The Bertz CT molecular complexity index is 983. The van der Waals surface area contributed by atoms with Crippen LogP contribution in [0.2, 0.25) is 0 Å². The van der Waals surface area contributed by atoms with Crippen LogP contribution in [0, 0.1) is 11.3 Å². The highest BCUT2D eigenvalue weighted by Crippen LogP contribution is 2.56. The third kappa shape index (κ3) is 4.14. The van der Waals surface area contributed by atoms with E-state index in [0.717, 1.165) is 28.9 Å². The SMILES string of the molecule is CC1(C)C(CNC(=O)C(N)Cc2ccccc2)CC1c1cc(-c2cccnc2)n[nH]1. The van der Waals surface area contributed by atoms with E-state index in [1.807, 2.05) is 48.7 Å². The number of nitrogens with zero attached hydrogens (tertiary/aromatic N) is 2. The normalized spacial score (nSPS) is 20.9. The molecule has 6 heteroatoms. The van der Waals surface area contributed by atoms with Crippen molar-refractivity contribution in [2.75, 3.05) is 6.54 Å². The molecule has 2 heterocycles. The third-order valence-electron chi connectivity index (χ3n) is 6.56. The Kier molecular flexibility index (Phi) is 5.68. The molecular weight excluding hydrogens is 374 g/mol. The Labute approximate surface area is 177 Å². The van der Waals surface area contributed by atoms with Crippen LogP contribution in [0.15, 0.2) is 60.9 Å². The molecule has 0 aliphatic heterocycles. The average Bonchev–Trinajstić information content (AvgIpc) is 3.23. The number of aromatic nitrogens is 3. The van der Waals surface area contributed by atoms with Gasteiger partial charge in [0.1, 0.15) is 0 Å². The molecule has 156 valence electrons. The summed E-state index contributed by atoms with van der Waals surface area (Å²) in [5, 5.41) is 10.7. The van der Waals surface area contributed by atoms with Gasteiger partial charge in [-0.25, -0.2) is 0 Å². The van der Waals surface area contributed by atoms with Crippen LogP contribution in [0.4, 0.5) is 0 Å². The molecule has 6 nitrogen and oxygen atoms in total. The van der Waals surface area contributed by atoms with Crippen molar-refractivity contribution in [2.24, 2.45) is 17.1 Å². The maximum absolute atomic E-state index is 12.5.